The van der Waals surface area contributed by atoms with Gasteiger partial charge in [-0.3, -0.25) is 9.78 Å². The van der Waals surface area contributed by atoms with Gasteiger partial charge in [-0.2, -0.15) is 0 Å². The van der Waals surface area contributed by atoms with Gasteiger partial charge >= 0.3 is 0 Å². The summed E-state index contributed by atoms with van der Waals surface area (Å²) in [5.74, 6) is 0.773. The maximum atomic E-state index is 11.8. The number of ether oxygens (including phenoxy) is 2. The average molecular weight is 380 g/mol. The molecule has 0 aliphatic rings. The smallest absolute Gasteiger partial charge is 0.250 e. The van der Waals surface area contributed by atoms with Crippen molar-refractivity contribution >= 4 is 22.5 Å². The Kier molecular flexibility index (Phi) is 5.65. The molecule has 0 aliphatic carbocycles. The van der Waals surface area contributed by atoms with Crippen LogP contribution < -0.4 is 26.3 Å². The molecule has 1 aromatic heterocycles. The number of aryl methyl sites for hydroxylation is 1. The van der Waals surface area contributed by atoms with E-state index in [4.69, 9.17) is 20.9 Å². The number of hydrogen-bond acceptors (Lipinski definition) is 6. The molecule has 0 saturated carbocycles. The van der Waals surface area contributed by atoms with Crippen LogP contribution in [0.15, 0.2) is 42.6 Å². The fraction of sp³-hybridized carbons (Fsp3) is 0.238. The van der Waals surface area contributed by atoms with Crippen molar-refractivity contribution in [3.8, 4) is 11.5 Å². The van der Waals surface area contributed by atoms with Gasteiger partial charge in [0.2, 0.25) is 0 Å². The van der Waals surface area contributed by atoms with E-state index < -0.39 is 5.91 Å². The maximum Gasteiger partial charge on any atom is 0.250 e. The molecule has 3 aromatic rings. The normalized spacial score (nSPS) is 11.9. The van der Waals surface area contributed by atoms with Crippen molar-refractivity contribution in [3.05, 3.63) is 59.3 Å². The van der Waals surface area contributed by atoms with E-state index in [1.807, 2.05) is 31.2 Å². The molecule has 5 N–H and O–H groups in total. The number of para-hydroxylation sites is 1. The van der Waals surface area contributed by atoms with Crippen LogP contribution >= 0.6 is 0 Å². The quantitative estimate of drug-likeness (QED) is 0.581. The first-order valence-corrected chi connectivity index (χ1v) is 8.86. The van der Waals surface area contributed by atoms with Gasteiger partial charge in [0, 0.05) is 23.8 Å². The standard InChI is InChI=1S/C21H24N4O3/c1-12-11-24-20-14(5-4-6-15(20)21(23)26)19(12)25-16(10-22)13-7-8-17(27-2)18(9-13)28-3/h4-9,11,16H,10,22H2,1-3H3,(H2,23,26)(H,24,25). The van der Waals surface area contributed by atoms with Crippen molar-refractivity contribution in [2.24, 2.45) is 11.5 Å². The summed E-state index contributed by atoms with van der Waals surface area (Å²) in [7, 11) is 3.19. The fourth-order valence-corrected chi connectivity index (χ4v) is 3.24. The van der Waals surface area contributed by atoms with E-state index in [2.05, 4.69) is 10.3 Å². The zero-order valence-electron chi connectivity index (χ0n) is 16.2. The number of anilines is 1. The Bertz CT molecular complexity index is 1020. The topological polar surface area (TPSA) is 112 Å². The molecule has 0 spiro atoms. The number of nitrogens with zero attached hydrogens (tertiary/aromatic N) is 1. The summed E-state index contributed by atoms with van der Waals surface area (Å²) in [5.41, 5.74) is 15.3. The third-order valence-electron chi connectivity index (χ3n) is 4.72. The molecule has 1 atom stereocenters. The summed E-state index contributed by atoms with van der Waals surface area (Å²) in [6.45, 7) is 2.31. The second kappa shape index (κ2) is 8.14. The Morgan fingerprint density at radius 2 is 1.93 bits per heavy atom. The summed E-state index contributed by atoms with van der Waals surface area (Å²) >= 11 is 0. The van der Waals surface area contributed by atoms with E-state index in [1.54, 1.807) is 32.5 Å². The predicted molar refractivity (Wildman–Crippen MR) is 110 cm³/mol. The predicted octanol–water partition coefficient (Wildman–Crippen LogP) is 2.77. The van der Waals surface area contributed by atoms with Crippen LogP contribution in [-0.4, -0.2) is 31.7 Å². The Morgan fingerprint density at radius 3 is 2.57 bits per heavy atom. The maximum absolute atomic E-state index is 11.8. The summed E-state index contributed by atoms with van der Waals surface area (Å²) in [6, 6.07) is 10.9. The second-order valence-corrected chi connectivity index (χ2v) is 6.43. The van der Waals surface area contributed by atoms with Gasteiger partial charge in [-0.15, -0.1) is 0 Å². The summed E-state index contributed by atoms with van der Waals surface area (Å²) in [6.07, 6.45) is 1.72. The lowest BCUT2D eigenvalue weighted by atomic mass is 10.0. The molecule has 0 aliphatic heterocycles. The highest BCUT2D eigenvalue weighted by Gasteiger charge is 2.17. The molecule has 1 heterocycles. The SMILES string of the molecule is COc1ccc(C(CN)Nc2c(C)cnc3c(C(N)=O)cccc23)cc1OC. The number of rotatable bonds is 7. The van der Waals surface area contributed by atoms with Crippen LogP contribution in [0.4, 0.5) is 5.69 Å². The number of hydrogen-bond donors (Lipinski definition) is 3. The number of benzene rings is 2. The molecule has 3 rings (SSSR count). The first-order chi connectivity index (χ1) is 13.5. The summed E-state index contributed by atoms with van der Waals surface area (Å²) < 4.78 is 10.7. The Balaban J connectivity index is 2.06. The fourth-order valence-electron chi connectivity index (χ4n) is 3.24. The minimum atomic E-state index is -0.511. The van der Waals surface area contributed by atoms with Gasteiger partial charge in [0.25, 0.3) is 5.91 Å². The highest BCUT2D eigenvalue weighted by Crippen LogP contribution is 2.33. The first kappa shape index (κ1) is 19.4. The lowest BCUT2D eigenvalue weighted by Gasteiger charge is -2.22. The number of carbonyl (C=O) groups excluding carboxylic acids is 1. The van der Waals surface area contributed by atoms with E-state index >= 15 is 0 Å². The van der Waals surface area contributed by atoms with Crippen LogP contribution in [0.2, 0.25) is 0 Å². The number of carbonyl (C=O) groups is 1. The Morgan fingerprint density at radius 1 is 1.18 bits per heavy atom. The van der Waals surface area contributed by atoms with E-state index in [-0.39, 0.29) is 6.04 Å². The number of pyridine rings is 1. The van der Waals surface area contributed by atoms with E-state index in [0.717, 1.165) is 22.2 Å². The van der Waals surface area contributed by atoms with Gasteiger partial charge in [0.1, 0.15) is 0 Å². The molecule has 1 amide bonds. The average Bonchev–Trinajstić information content (AvgIpc) is 2.72. The largest absolute Gasteiger partial charge is 0.493 e. The van der Waals surface area contributed by atoms with Gasteiger partial charge in [0.05, 0.1) is 31.3 Å². The number of fused-ring (bicyclic) bond motifs is 1. The van der Waals surface area contributed by atoms with Crippen LogP contribution in [0.3, 0.4) is 0 Å². The molecule has 2 aromatic carbocycles. The van der Waals surface area contributed by atoms with Crippen LogP contribution in [-0.2, 0) is 0 Å². The monoisotopic (exact) mass is 380 g/mol. The molecule has 7 nitrogen and oxygen atoms in total. The molecule has 0 bridgehead atoms. The van der Waals surface area contributed by atoms with Crippen molar-refractivity contribution in [2.45, 2.75) is 13.0 Å². The number of nitrogens with one attached hydrogen (secondary N) is 1. The third kappa shape index (κ3) is 3.57. The minimum Gasteiger partial charge on any atom is -0.493 e. The highest BCUT2D eigenvalue weighted by molar-refractivity contribution is 6.08. The molecule has 28 heavy (non-hydrogen) atoms. The van der Waals surface area contributed by atoms with E-state index in [0.29, 0.717) is 29.1 Å². The van der Waals surface area contributed by atoms with Gasteiger partial charge in [0.15, 0.2) is 11.5 Å². The van der Waals surface area contributed by atoms with Crippen molar-refractivity contribution in [1.82, 2.24) is 4.98 Å². The Hall–Kier alpha value is -3.32. The molecular weight excluding hydrogens is 356 g/mol. The number of primary amides is 1. The third-order valence-corrected chi connectivity index (χ3v) is 4.72. The van der Waals surface area contributed by atoms with Crippen molar-refractivity contribution in [1.29, 1.82) is 0 Å². The molecule has 146 valence electrons. The molecule has 0 radical (unpaired) electrons. The van der Waals surface area contributed by atoms with Gasteiger partial charge < -0.3 is 26.3 Å². The molecule has 0 saturated heterocycles. The van der Waals surface area contributed by atoms with Crippen molar-refractivity contribution in [2.75, 3.05) is 26.1 Å². The van der Waals surface area contributed by atoms with Crippen LogP contribution in [0, 0.1) is 6.92 Å². The van der Waals surface area contributed by atoms with Gasteiger partial charge in [-0.05, 0) is 36.2 Å². The lowest BCUT2D eigenvalue weighted by molar-refractivity contribution is 0.100. The molecular formula is C21H24N4O3. The number of aromatic nitrogens is 1. The van der Waals surface area contributed by atoms with Crippen LogP contribution in [0.1, 0.15) is 27.5 Å². The zero-order valence-corrected chi connectivity index (χ0v) is 16.2. The molecule has 0 fully saturated rings. The lowest BCUT2D eigenvalue weighted by Crippen LogP contribution is -2.21. The zero-order chi connectivity index (χ0) is 20.3. The first-order valence-electron chi connectivity index (χ1n) is 8.86. The van der Waals surface area contributed by atoms with Crippen LogP contribution in [0.5, 0.6) is 11.5 Å². The van der Waals surface area contributed by atoms with Crippen molar-refractivity contribution < 1.29 is 14.3 Å². The van der Waals surface area contributed by atoms with E-state index in [9.17, 15) is 4.79 Å². The van der Waals surface area contributed by atoms with Gasteiger partial charge in [-0.25, -0.2) is 0 Å². The van der Waals surface area contributed by atoms with Gasteiger partial charge in [-0.1, -0.05) is 18.2 Å². The molecule has 1 unspecified atom stereocenters. The Labute approximate surface area is 163 Å². The van der Waals surface area contributed by atoms with E-state index in [1.165, 1.54) is 0 Å². The minimum absolute atomic E-state index is 0.179. The number of nitrogens with two attached hydrogens (primary N) is 2. The summed E-state index contributed by atoms with van der Waals surface area (Å²) in [5, 5.41) is 4.31. The number of methoxy groups -OCH3 is 2. The highest BCUT2D eigenvalue weighted by atomic mass is 16.5. The number of amides is 1. The summed E-state index contributed by atoms with van der Waals surface area (Å²) in [4.78, 5) is 16.2. The van der Waals surface area contributed by atoms with Crippen LogP contribution in [0.25, 0.3) is 10.9 Å². The molecule has 7 heteroatoms. The second-order valence-electron chi connectivity index (χ2n) is 6.43. The van der Waals surface area contributed by atoms with Crippen molar-refractivity contribution in [3.63, 3.8) is 0 Å².